The van der Waals surface area contributed by atoms with E-state index >= 15 is 0 Å². The van der Waals surface area contributed by atoms with E-state index in [0.717, 1.165) is 5.56 Å². The molecule has 0 unspecified atom stereocenters. The predicted octanol–water partition coefficient (Wildman–Crippen LogP) is 4.25. The summed E-state index contributed by atoms with van der Waals surface area (Å²) in [6.45, 7) is 1.90. The third-order valence-electron chi connectivity index (χ3n) is 2.96. The van der Waals surface area contributed by atoms with E-state index in [0.29, 0.717) is 27.0 Å². The Labute approximate surface area is 140 Å². The molecule has 0 spiro atoms. The first-order valence-electron chi connectivity index (χ1n) is 6.40. The van der Waals surface area contributed by atoms with Gasteiger partial charge in [0.2, 0.25) is 10.0 Å². The Morgan fingerprint density at radius 3 is 2.45 bits per heavy atom. The molecule has 22 heavy (non-hydrogen) atoms. The van der Waals surface area contributed by atoms with E-state index in [9.17, 15) is 8.42 Å². The Kier molecular flexibility index (Phi) is 5.21. The highest BCUT2D eigenvalue weighted by Gasteiger charge is 2.15. The van der Waals surface area contributed by atoms with Crippen LogP contribution in [0.15, 0.2) is 36.4 Å². The third-order valence-corrected chi connectivity index (χ3v) is 4.95. The molecular weight excluding hydrogens is 345 g/mol. The highest BCUT2D eigenvalue weighted by Crippen LogP contribution is 2.28. The first-order valence-corrected chi connectivity index (χ1v) is 8.80. The molecule has 0 fully saturated rings. The number of aryl methyl sites for hydroxylation is 1. The molecule has 7 heteroatoms. The first kappa shape index (κ1) is 16.9. The van der Waals surface area contributed by atoms with Crippen LogP contribution in [-0.4, -0.2) is 15.5 Å². The van der Waals surface area contributed by atoms with Crippen LogP contribution in [0, 0.1) is 6.92 Å². The number of benzene rings is 2. The predicted molar refractivity (Wildman–Crippen MR) is 90.4 cm³/mol. The lowest BCUT2D eigenvalue weighted by Gasteiger charge is -2.12. The Bertz CT molecular complexity index is 791. The maximum Gasteiger partial charge on any atom is 0.237 e. The highest BCUT2D eigenvalue weighted by atomic mass is 35.5. The van der Waals surface area contributed by atoms with Gasteiger partial charge in [0.05, 0.1) is 28.6 Å². The summed E-state index contributed by atoms with van der Waals surface area (Å²) < 4.78 is 32.3. The van der Waals surface area contributed by atoms with Gasteiger partial charge in [0, 0.05) is 0 Å². The zero-order valence-electron chi connectivity index (χ0n) is 12.1. The molecule has 2 aromatic rings. The number of sulfonamides is 1. The second kappa shape index (κ2) is 6.77. The Hall–Kier alpha value is -1.43. The van der Waals surface area contributed by atoms with Gasteiger partial charge in [0.15, 0.2) is 0 Å². The van der Waals surface area contributed by atoms with E-state index < -0.39 is 10.0 Å². The molecule has 0 saturated heterocycles. The standard InChI is InChI=1S/C15H15Cl2NO3S/c1-10-3-6-14(15(7-10)21-2)18-22(19,20)9-11-4-5-12(16)13(17)8-11/h3-8,18H,9H2,1-2H3. The van der Waals surface area contributed by atoms with Gasteiger partial charge in [0.1, 0.15) is 5.75 Å². The van der Waals surface area contributed by atoms with Crippen molar-refractivity contribution in [2.24, 2.45) is 0 Å². The van der Waals surface area contributed by atoms with Gasteiger partial charge in [-0.1, -0.05) is 35.3 Å². The minimum Gasteiger partial charge on any atom is -0.495 e. The van der Waals surface area contributed by atoms with Crippen LogP contribution < -0.4 is 9.46 Å². The van der Waals surface area contributed by atoms with E-state index in [4.69, 9.17) is 27.9 Å². The van der Waals surface area contributed by atoms with Crippen LogP contribution in [0.4, 0.5) is 5.69 Å². The van der Waals surface area contributed by atoms with Crippen molar-refractivity contribution in [1.82, 2.24) is 0 Å². The van der Waals surface area contributed by atoms with Gasteiger partial charge in [-0.15, -0.1) is 0 Å². The fourth-order valence-corrected chi connectivity index (χ4v) is 3.45. The van der Waals surface area contributed by atoms with Gasteiger partial charge < -0.3 is 4.74 Å². The van der Waals surface area contributed by atoms with E-state index in [1.165, 1.54) is 13.2 Å². The van der Waals surface area contributed by atoms with Gasteiger partial charge in [-0.25, -0.2) is 8.42 Å². The van der Waals surface area contributed by atoms with Crippen LogP contribution in [0.25, 0.3) is 0 Å². The Balaban J connectivity index is 2.22. The van der Waals surface area contributed by atoms with Crippen LogP contribution in [0.1, 0.15) is 11.1 Å². The van der Waals surface area contributed by atoms with E-state index in [-0.39, 0.29) is 5.75 Å². The SMILES string of the molecule is COc1cc(C)ccc1NS(=O)(=O)Cc1ccc(Cl)c(Cl)c1. The number of methoxy groups -OCH3 is 1. The number of hydrogen-bond donors (Lipinski definition) is 1. The molecule has 0 aliphatic rings. The summed E-state index contributed by atoms with van der Waals surface area (Å²) in [6, 6.07) is 9.97. The van der Waals surface area contributed by atoms with Crippen molar-refractivity contribution in [2.75, 3.05) is 11.8 Å². The lowest BCUT2D eigenvalue weighted by Crippen LogP contribution is -2.15. The number of ether oxygens (including phenoxy) is 1. The van der Waals surface area contributed by atoms with Crippen molar-refractivity contribution in [2.45, 2.75) is 12.7 Å². The summed E-state index contributed by atoms with van der Waals surface area (Å²) in [5.74, 6) is 0.263. The van der Waals surface area contributed by atoms with Crippen LogP contribution in [0.3, 0.4) is 0 Å². The molecule has 0 aromatic heterocycles. The second-order valence-electron chi connectivity index (χ2n) is 4.81. The van der Waals surface area contributed by atoms with Crippen molar-refractivity contribution in [3.63, 3.8) is 0 Å². The number of hydrogen-bond acceptors (Lipinski definition) is 3. The zero-order valence-corrected chi connectivity index (χ0v) is 14.4. The molecule has 0 atom stereocenters. The van der Waals surface area contributed by atoms with Gasteiger partial charge in [-0.3, -0.25) is 4.72 Å². The summed E-state index contributed by atoms with van der Waals surface area (Å²) in [4.78, 5) is 0. The number of rotatable bonds is 5. The van der Waals surface area contributed by atoms with E-state index in [1.807, 2.05) is 6.92 Å². The lowest BCUT2D eigenvalue weighted by molar-refractivity contribution is 0.416. The number of anilines is 1. The van der Waals surface area contributed by atoms with Crippen LogP contribution in [0.2, 0.25) is 10.0 Å². The summed E-state index contributed by atoms with van der Waals surface area (Å²) >= 11 is 11.7. The minimum absolute atomic E-state index is 0.207. The molecule has 1 N–H and O–H groups in total. The summed E-state index contributed by atoms with van der Waals surface area (Å²) in [5, 5.41) is 0.707. The summed E-state index contributed by atoms with van der Waals surface area (Å²) in [5.41, 5.74) is 1.92. The molecule has 4 nitrogen and oxygen atoms in total. The van der Waals surface area contributed by atoms with E-state index in [2.05, 4.69) is 4.72 Å². The smallest absolute Gasteiger partial charge is 0.237 e. The monoisotopic (exact) mass is 359 g/mol. The molecule has 0 bridgehead atoms. The van der Waals surface area contributed by atoms with Gasteiger partial charge in [-0.2, -0.15) is 0 Å². The molecule has 2 rings (SSSR count). The summed E-state index contributed by atoms with van der Waals surface area (Å²) in [7, 11) is -2.10. The maximum atomic E-state index is 12.3. The normalized spacial score (nSPS) is 11.3. The average Bonchev–Trinajstić information content (AvgIpc) is 2.44. The fourth-order valence-electron chi connectivity index (χ4n) is 1.94. The van der Waals surface area contributed by atoms with Gasteiger partial charge in [0.25, 0.3) is 0 Å². The van der Waals surface area contributed by atoms with Crippen molar-refractivity contribution in [1.29, 1.82) is 0 Å². The quantitative estimate of drug-likeness (QED) is 0.867. The average molecular weight is 360 g/mol. The van der Waals surface area contributed by atoms with Gasteiger partial charge in [-0.05, 0) is 42.3 Å². The first-order chi connectivity index (χ1) is 10.3. The number of halogens is 2. The van der Waals surface area contributed by atoms with Crippen molar-refractivity contribution < 1.29 is 13.2 Å². The van der Waals surface area contributed by atoms with Crippen molar-refractivity contribution in [3.05, 3.63) is 57.6 Å². The Morgan fingerprint density at radius 2 is 1.82 bits per heavy atom. The van der Waals surface area contributed by atoms with Crippen molar-refractivity contribution in [3.8, 4) is 5.75 Å². The topological polar surface area (TPSA) is 55.4 Å². The van der Waals surface area contributed by atoms with Crippen LogP contribution in [-0.2, 0) is 15.8 Å². The summed E-state index contributed by atoms with van der Waals surface area (Å²) in [6.07, 6.45) is 0. The fraction of sp³-hybridized carbons (Fsp3) is 0.200. The molecule has 2 aromatic carbocycles. The van der Waals surface area contributed by atoms with E-state index in [1.54, 1.807) is 30.3 Å². The van der Waals surface area contributed by atoms with Gasteiger partial charge >= 0.3 is 0 Å². The Morgan fingerprint density at radius 1 is 1.09 bits per heavy atom. The minimum atomic E-state index is -3.59. The zero-order chi connectivity index (χ0) is 16.3. The molecule has 0 aliphatic heterocycles. The second-order valence-corrected chi connectivity index (χ2v) is 7.35. The van der Waals surface area contributed by atoms with Crippen LogP contribution in [0.5, 0.6) is 5.75 Å². The number of nitrogens with one attached hydrogen (secondary N) is 1. The largest absolute Gasteiger partial charge is 0.495 e. The lowest BCUT2D eigenvalue weighted by atomic mass is 10.2. The van der Waals surface area contributed by atoms with Crippen LogP contribution >= 0.6 is 23.2 Å². The molecular formula is C15H15Cl2NO3S. The molecule has 0 amide bonds. The highest BCUT2D eigenvalue weighted by molar-refractivity contribution is 7.91. The third kappa shape index (κ3) is 4.29. The molecule has 0 radical (unpaired) electrons. The molecule has 0 heterocycles. The maximum absolute atomic E-state index is 12.3. The van der Waals surface area contributed by atoms with Crippen molar-refractivity contribution >= 4 is 38.9 Å². The molecule has 0 aliphatic carbocycles. The molecule has 118 valence electrons. The molecule has 0 saturated carbocycles.